The second-order valence-corrected chi connectivity index (χ2v) is 7.77. The van der Waals surface area contributed by atoms with Crippen molar-refractivity contribution in [1.82, 2.24) is 9.97 Å². The van der Waals surface area contributed by atoms with Gasteiger partial charge in [-0.15, -0.1) is 11.8 Å². The first-order valence-electron chi connectivity index (χ1n) is 9.55. The third kappa shape index (κ3) is 4.79. The van der Waals surface area contributed by atoms with E-state index in [2.05, 4.69) is 31.9 Å². The lowest BCUT2D eigenvalue weighted by molar-refractivity contribution is 0.414. The number of piperazine rings is 1. The number of halogens is 1. The molecule has 29 heavy (non-hydrogen) atoms. The number of nitrogens with zero attached hydrogens (tertiary/aromatic N) is 4. The van der Waals surface area contributed by atoms with E-state index in [1.807, 2.05) is 30.3 Å². The van der Waals surface area contributed by atoms with Gasteiger partial charge in [0.05, 0.1) is 12.8 Å². The molecule has 0 N–H and O–H groups in total. The first kappa shape index (κ1) is 19.5. The lowest BCUT2D eigenvalue weighted by Crippen LogP contribution is -2.47. The molecule has 1 aliphatic heterocycles. The quantitative estimate of drug-likeness (QED) is 0.447. The summed E-state index contributed by atoms with van der Waals surface area (Å²) in [6.07, 6.45) is 1.62. The van der Waals surface area contributed by atoms with Crippen molar-refractivity contribution in [3.63, 3.8) is 0 Å². The predicted octanol–water partition coefficient (Wildman–Crippen LogP) is 4.24. The van der Waals surface area contributed by atoms with E-state index in [9.17, 15) is 4.39 Å². The number of thioether (sulfide) groups is 1. The number of anilines is 2. The van der Waals surface area contributed by atoms with Gasteiger partial charge < -0.3 is 14.5 Å². The van der Waals surface area contributed by atoms with E-state index in [1.54, 1.807) is 31.3 Å². The molecule has 0 aliphatic carbocycles. The SMILES string of the molecule is COc1ccc(CSc2cc(N3CCN(c4ccccc4F)CC3)ncn2)cc1. The minimum Gasteiger partial charge on any atom is -0.497 e. The number of aromatic nitrogens is 2. The summed E-state index contributed by atoms with van der Waals surface area (Å²) in [4.78, 5) is 13.2. The van der Waals surface area contributed by atoms with Crippen molar-refractivity contribution in [3.8, 4) is 5.75 Å². The molecule has 2 heterocycles. The summed E-state index contributed by atoms with van der Waals surface area (Å²) in [6, 6.07) is 17.1. The highest BCUT2D eigenvalue weighted by Crippen LogP contribution is 2.26. The summed E-state index contributed by atoms with van der Waals surface area (Å²) >= 11 is 1.69. The third-order valence-corrected chi connectivity index (χ3v) is 5.97. The van der Waals surface area contributed by atoms with Gasteiger partial charge in [-0.05, 0) is 29.8 Å². The summed E-state index contributed by atoms with van der Waals surface area (Å²) in [5, 5.41) is 0.947. The fraction of sp³-hybridized carbons (Fsp3) is 0.273. The number of rotatable bonds is 6. The standard InChI is InChI=1S/C22H23FN4OS/c1-28-18-8-6-17(7-9-18)15-29-22-14-21(24-16-25-22)27-12-10-26(11-13-27)20-5-3-2-4-19(20)23/h2-9,14,16H,10-13,15H2,1H3. The van der Waals surface area contributed by atoms with Crippen molar-refractivity contribution in [1.29, 1.82) is 0 Å². The first-order chi connectivity index (χ1) is 14.2. The molecule has 1 saturated heterocycles. The maximum absolute atomic E-state index is 14.0. The Balaban J connectivity index is 1.36. The Bertz CT molecular complexity index is 946. The normalized spacial score (nSPS) is 14.1. The molecule has 4 rings (SSSR count). The number of ether oxygens (including phenoxy) is 1. The Morgan fingerprint density at radius 1 is 0.966 bits per heavy atom. The van der Waals surface area contributed by atoms with E-state index >= 15 is 0 Å². The summed E-state index contributed by atoms with van der Waals surface area (Å²) in [6.45, 7) is 3.13. The lowest BCUT2D eigenvalue weighted by atomic mass is 10.2. The molecule has 0 atom stereocenters. The molecular formula is C22H23FN4OS. The minimum atomic E-state index is -0.166. The molecule has 0 unspecified atom stereocenters. The number of benzene rings is 2. The monoisotopic (exact) mass is 410 g/mol. The minimum absolute atomic E-state index is 0.166. The average molecular weight is 411 g/mol. The van der Waals surface area contributed by atoms with Crippen LogP contribution in [0.3, 0.4) is 0 Å². The summed E-state index contributed by atoms with van der Waals surface area (Å²) in [5.41, 5.74) is 1.89. The molecule has 0 saturated carbocycles. The molecule has 2 aromatic carbocycles. The van der Waals surface area contributed by atoms with Crippen LogP contribution in [0.5, 0.6) is 5.75 Å². The van der Waals surface area contributed by atoms with Crippen molar-refractivity contribution in [2.24, 2.45) is 0 Å². The molecule has 3 aromatic rings. The van der Waals surface area contributed by atoms with Crippen LogP contribution < -0.4 is 14.5 Å². The van der Waals surface area contributed by atoms with Crippen LogP contribution in [-0.2, 0) is 5.75 Å². The van der Waals surface area contributed by atoms with Crippen LogP contribution in [0.15, 0.2) is 66.0 Å². The van der Waals surface area contributed by atoms with Crippen LogP contribution in [0.2, 0.25) is 0 Å². The van der Waals surface area contributed by atoms with Gasteiger partial charge in [-0.25, -0.2) is 14.4 Å². The molecule has 0 spiro atoms. The summed E-state index contributed by atoms with van der Waals surface area (Å²) in [7, 11) is 1.67. The Morgan fingerprint density at radius 2 is 1.69 bits per heavy atom. The zero-order valence-corrected chi connectivity index (χ0v) is 17.1. The fourth-order valence-electron chi connectivity index (χ4n) is 3.35. The van der Waals surface area contributed by atoms with Crippen LogP contribution in [0.4, 0.5) is 15.9 Å². The third-order valence-electron chi connectivity index (χ3n) is 4.97. The van der Waals surface area contributed by atoms with Crippen LogP contribution in [0.1, 0.15) is 5.56 Å². The van der Waals surface area contributed by atoms with Gasteiger partial charge in [0.15, 0.2) is 0 Å². The second-order valence-electron chi connectivity index (χ2n) is 6.78. The molecular weight excluding hydrogens is 387 g/mol. The predicted molar refractivity (Wildman–Crippen MR) is 115 cm³/mol. The second kappa shape index (κ2) is 9.13. The number of para-hydroxylation sites is 1. The van der Waals surface area contributed by atoms with Gasteiger partial charge in [-0.1, -0.05) is 24.3 Å². The average Bonchev–Trinajstić information content (AvgIpc) is 2.79. The van der Waals surface area contributed by atoms with Crippen molar-refractivity contribution < 1.29 is 9.13 Å². The number of hydrogen-bond acceptors (Lipinski definition) is 6. The topological polar surface area (TPSA) is 41.5 Å². The number of methoxy groups -OCH3 is 1. The highest BCUT2D eigenvalue weighted by molar-refractivity contribution is 7.98. The van der Waals surface area contributed by atoms with Gasteiger partial charge in [0.25, 0.3) is 0 Å². The molecule has 0 amide bonds. The molecule has 150 valence electrons. The molecule has 7 heteroatoms. The van der Waals surface area contributed by atoms with Crippen LogP contribution in [0, 0.1) is 5.82 Å². The molecule has 1 aromatic heterocycles. The van der Waals surface area contributed by atoms with E-state index in [4.69, 9.17) is 4.74 Å². The number of hydrogen-bond donors (Lipinski definition) is 0. The smallest absolute Gasteiger partial charge is 0.146 e. The van der Waals surface area contributed by atoms with Crippen molar-refractivity contribution in [2.75, 3.05) is 43.1 Å². The summed E-state index contributed by atoms with van der Waals surface area (Å²) < 4.78 is 19.2. The van der Waals surface area contributed by atoms with Gasteiger partial charge in [0.1, 0.15) is 28.7 Å². The molecule has 1 aliphatic rings. The van der Waals surface area contributed by atoms with Crippen LogP contribution in [-0.4, -0.2) is 43.3 Å². The maximum atomic E-state index is 14.0. The fourth-order valence-corrected chi connectivity index (χ4v) is 4.16. The zero-order chi connectivity index (χ0) is 20.1. The lowest BCUT2D eigenvalue weighted by Gasteiger charge is -2.36. The van der Waals surface area contributed by atoms with Crippen LogP contribution >= 0.6 is 11.8 Å². The zero-order valence-electron chi connectivity index (χ0n) is 16.3. The molecule has 1 fully saturated rings. The van der Waals surface area contributed by atoms with E-state index in [-0.39, 0.29) is 5.82 Å². The van der Waals surface area contributed by atoms with E-state index in [1.165, 1.54) is 11.6 Å². The van der Waals surface area contributed by atoms with Gasteiger partial charge in [0.2, 0.25) is 0 Å². The van der Waals surface area contributed by atoms with Gasteiger partial charge in [-0.3, -0.25) is 0 Å². The highest BCUT2D eigenvalue weighted by atomic mass is 32.2. The van der Waals surface area contributed by atoms with E-state index in [0.29, 0.717) is 5.69 Å². The Kier molecular flexibility index (Phi) is 6.14. The molecule has 0 radical (unpaired) electrons. The Hall–Kier alpha value is -2.80. The highest BCUT2D eigenvalue weighted by Gasteiger charge is 2.20. The maximum Gasteiger partial charge on any atom is 0.146 e. The van der Waals surface area contributed by atoms with Gasteiger partial charge in [0, 0.05) is 38.0 Å². The first-order valence-corrected chi connectivity index (χ1v) is 10.5. The van der Waals surface area contributed by atoms with Gasteiger partial charge in [-0.2, -0.15) is 0 Å². The van der Waals surface area contributed by atoms with Gasteiger partial charge >= 0.3 is 0 Å². The summed E-state index contributed by atoms with van der Waals surface area (Å²) in [5.74, 6) is 2.45. The molecule has 0 bridgehead atoms. The van der Waals surface area contributed by atoms with E-state index in [0.717, 1.165) is 48.5 Å². The van der Waals surface area contributed by atoms with E-state index < -0.39 is 0 Å². The van der Waals surface area contributed by atoms with Crippen LogP contribution in [0.25, 0.3) is 0 Å². The Labute approximate surface area is 174 Å². The molecule has 5 nitrogen and oxygen atoms in total. The Morgan fingerprint density at radius 3 is 2.41 bits per heavy atom. The van der Waals surface area contributed by atoms with Crippen molar-refractivity contribution in [2.45, 2.75) is 10.8 Å². The van der Waals surface area contributed by atoms with Crippen molar-refractivity contribution in [3.05, 3.63) is 72.3 Å². The van der Waals surface area contributed by atoms with Crippen molar-refractivity contribution >= 4 is 23.3 Å². The largest absolute Gasteiger partial charge is 0.497 e.